The van der Waals surface area contributed by atoms with Crippen LogP contribution in [0.4, 0.5) is 5.82 Å². The van der Waals surface area contributed by atoms with Crippen molar-refractivity contribution in [3.63, 3.8) is 0 Å². The first-order chi connectivity index (χ1) is 10.3. The van der Waals surface area contributed by atoms with Crippen LogP contribution in [0.25, 0.3) is 10.9 Å². The minimum atomic E-state index is 0.107. The molecular formula is C15H22N4O2. The fraction of sp³-hybridized carbons (Fsp3) is 0.400. The number of pyridine rings is 1. The minimum Gasteiger partial charge on any atom is -0.395 e. The Morgan fingerprint density at radius 3 is 2.86 bits per heavy atom. The third-order valence-corrected chi connectivity index (χ3v) is 3.36. The molecule has 0 unspecified atom stereocenters. The van der Waals surface area contributed by atoms with Gasteiger partial charge in [0, 0.05) is 37.7 Å². The maximum absolute atomic E-state index is 9.17. The van der Waals surface area contributed by atoms with E-state index >= 15 is 0 Å². The van der Waals surface area contributed by atoms with Crippen molar-refractivity contribution < 1.29 is 9.84 Å². The Morgan fingerprint density at radius 1 is 1.33 bits per heavy atom. The average molecular weight is 290 g/mol. The molecule has 0 radical (unpaired) electrons. The molecule has 2 aromatic rings. The molecule has 0 aliphatic heterocycles. The number of anilines is 1. The molecule has 1 aromatic heterocycles. The Bertz CT molecular complexity index is 577. The van der Waals surface area contributed by atoms with E-state index in [1.807, 2.05) is 24.3 Å². The highest BCUT2D eigenvalue weighted by Gasteiger charge is 2.11. The summed E-state index contributed by atoms with van der Waals surface area (Å²) < 4.78 is 5.10. The van der Waals surface area contributed by atoms with E-state index in [0.717, 1.165) is 23.0 Å². The molecule has 0 spiro atoms. The van der Waals surface area contributed by atoms with Gasteiger partial charge in [-0.05, 0) is 12.1 Å². The summed E-state index contributed by atoms with van der Waals surface area (Å²) in [6, 6.07) is 9.99. The van der Waals surface area contributed by atoms with Crippen LogP contribution in [0, 0.1) is 0 Å². The number of nitrogens with two attached hydrogens (primary N) is 1. The predicted octanol–water partition coefficient (Wildman–Crippen LogP) is 0.961. The molecule has 4 N–H and O–H groups in total. The zero-order valence-corrected chi connectivity index (χ0v) is 12.2. The number of aromatic nitrogens is 1. The fourth-order valence-corrected chi connectivity index (χ4v) is 2.28. The molecule has 0 amide bonds. The van der Waals surface area contributed by atoms with Crippen molar-refractivity contribution in [1.29, 1.82) is 0 Å². The van der Waals surface area contributed by atoms with Crippen molar-refractivity contribution in [2.75, 3.05) is 38.8 Å². The standard InChI is InChI=1S/C15H22N4O2/c1-21-9-7-19(6-8-20)11-13-10-12-4-2-3-5-14(12)17-15(13)18-16/h2-5,10,20H,6-9,11,16H2,1H3,(H,17,18). The van der Waals surface area contributed by atoms with E-state index in [1.54, 1.807) is 7.11 Å². The SMILES string of the molecule is COCCN(CCO)Cc1cc2ccccc2nc1NN. The lowest BCUT2D eigenvalue weighted by molar-refractivity contribution is 0.127. The van der Waals surface area contributed by atoms with Gasteiger partial charge in [0.15, 0.2) is 0 Å². The second-order valence-electron chi connectivity index (χ2n) is 4.83. The smallest absolute Gasteiger partial charge is 0.145 e. The van der Waals surface area contributed by atoms with Crippen LogP contribution >= 0.6 is 0 Å². The topological polar surface area (TPSA) is 83.6 Å². The van der Waals surface area contributed by atoms with Gasteiger partial charge < -0.3 is 15.3 Å². The number of benzene rings is 1. The third kappa shape index (κ3) is 4.12. The summed E-state index contributed by atoms with van der Waals surface area (Å²) in [4.78, 5) is 6.64. The predicted molar refractivity (Wildman–Crippen MR) is 83.8 cm³/mol. The number of rotatable bonds is 8. The molecule has 1 aromatic carbocycles. The number of nitrogens with zero attached hydrogens (tertiary/aromatic N) is 2. The number of ether oxygens (including phenoxy) is 1. The van der Waals surface area contributed by atoms with E-state index < -0.39 is 0 Å². The summed E-state index contributed by atoms with van der Waals surface area (Å²) in [5.74, 6) is 6.25. The largest absolute Gasteiger partial charge is 0.395 e. The van der Waals surface area contributed by atoms with Crippen LogP contribution in [0.2, 0.25) is 0 Å². The highest BCUT2D eigenvalue weighted by atomic mass is 16.5. The number of nitrogens with one attached hydrogen (secondary N) is 1. The lowest BCUT2D eigenvalue weighted by Crippen LogP contribution is -2.30. The Kier molecular flexibility index (Phi) is 5.89. The first kappa shape index (κ1) is 15.7. The van der Waals surface area contributed by atoms with Crippen molar-refractivity contribution in [3.05, 3.63) is 35.9 Å². The van der Waals surface area contributed by atoms with Crippen LogP contribution < -0.4 is 11.3 Å². The van der Waals surface area contributed by atoms with Gasteiger partial charge in [-0.3, -0.25) is 4.90 Å². The van der Waals surface area contributed by atoms with Gasteiger partial charge in [-0.25, -0.2) is 10.8 Å². The van der Waals surface area contributed by atoms with E-state index in [4.69, 9.17) is 10.6 Å². The van der Waals surface area contributed by atoms with Crippen LogP contribution in [0.1, 0.15) is 5.56 Å². The molecule has 6 heteroatoms. The molecule has 0 aliphatic carbocycles. The molecule has 6 nitrogen and oxygen atoms in total. The maximum atomic E-state index is 9.17. The van der Waals surface area contributed by atoms with E-state index in [9.17, 15) is 5.11 Å². The summed E-state index contributed by atoms with van der Waals surface area (Å²) in [5, 5.41) is 10.2. The number of hydrogen-bond acceptors (Lipinski definition) is 6. The lowest BCUT2D eigenvalue weighted by atomic mass is 10.1. The van der Waals surface area contributed by atoms with Crippen LogP contribution in [0.5, 0.6) is 0 Å². The molecule has 0 bridgehead atoms. The zero-order valence-electron chi connectivity index (χ0n) is 12.2. The molecule has 0 aliphatic rings. The Hall–Kier alpha value is -1.73. The van der Waals surface area contributed by atoms with Crippen LogP contribution in [-0.4, -0.2) is 48.4 Å². The molecule has 1 heterocycles. The number of hydrazine groups is 1. The van der Waals surface area contributed by atoms with Gasteiger partial charge in [0.2, 0.25) is 0 Å². The Balaban J connectivity index is 2.25. The molecular weight excluding hydrogens is 268 g/mol. The highest BCUT2D eigenvalue weighted by Crippen LogP contribution is 2.21. The Labute approximate surface area is 124 Å². The number of para-hydroxylation sites is 1. The summed E-state index contributed by atoms with van der Waals surface area (Å²) in [5.41, 5.74) is 4.56. The lowest BCUT2D eigenvalue weighted by Gasteiger charge is -2.22. The van der Waals surface area contributed by atoms with Crippen LogP contribution in [0.15, 0.2) is 30.3 Å². The summed E-state index contributed by atoms with van der Waals surface area (Å²) in [6.07, 6.45) is 0. The van der Waals surface area contributed by atoms with Crippen molar-refractivity contribution in [2.45, 2.75) is 6.54 Å². The monoisotopic (exact) mass is 290 g/mol. The quantitative estimate of drug-likeness (QED) is 0.496. The second-order valence-corrected chi connectivity index (χ2v) is 4.83. The van der Waals surface area contributed by atoms with Gasteiger partial charge in [-0.15, -0.1) is 0 Å². The van der Waals surface area contributed by atoms with E-state index in [-0.39, 0.29) is 6.61 Å². The molecule has 114 valence electrons. The van der Waals surface area contributed by atoms with Gasteiger partial charge in [-0.1, -0.05) is 18.2 Å². The molecule has 0 atom stereocenters. The van der Waals surface area contributed by atoms with Crippen molar-refractivity contribution in [2.24, 2.45) is 5.84 Å². The fourth-order valence-electron chi connectivity index (χ4n) is 2.28. The molecule has 0 saturated heterocycles. The van der Waals surface area contributed by atoms with Gasteiger partial charge in [0.1, 0.15) is 5.82 Å². The average Bonchev–Trinajstić information content (AvgIpc) is 2.52. The van der Waals surface area contributed by atoms with Crippen molar-refractivity contribution in [1.82, 2.24) is 9.88 Å². The van der Waals surface area contributed by atoms with Gasteiger partial charge >= 0.3 is 0 Å². The molecule has 2 rings (SSSR count). The van der Waals surface area contributed by atoms with Crippen molar-refractivity contribution >= 4 is 16.7 Å². The zero-order chi connectivity index (χ0) is 15.1. The maximum Gasteiger partial charge on any atom is 0.145 e. The van der Waals surface area contributed by atoms with E-state index in [1.165, 1.54) is 0 Å². The number of methoxy groups -OCH3 is 1. The number of aliphatic hydroxyl groups is 1. The number of nitrogen functional groups attached to an aromatic ring is 1. The minimum absolute atomic E-state index is 0.107. The van der Waals surface area contributed by atoms with Gasteiger partial charge in [0.25, 0.3) is 0 Å². The normalized spacial score (nSPS) is 11.2. The second kappa shape index (κ2) is 7.90. The van der Waals surface area contributed by atoms with E-state index in [0.29, 0.717) is 25.5 Å². The van der Waals surface area contributed by atoms with Gasteiger partial charge in [0.05, 0.1) is 18.7 Å². The Morgan fingerprint density at radius 2 is 2.14 bits per heavy atom. The highest BCUT2D eigenvalue weighted by molar-refractivity contribution is 5.81. The number of fused-ring (bicyclic) bond motifs is 1. The summed E-state index contributed by atoms with van der Waals surface area (Å²) >= 11 is 0. The van der Waals surface area contributed by atoms with Crippen LogP contribution in [0.3, 0.4) is 0 Å². The summed E-state index contributed by atoms with van der Waals surface area (Å²) in [6.45, 7) is 2.71. The molecule has 0 saturated carbocycles. The molecule has 21 heavy (non-hydrogen) atoms. The number of aliphatic hydroxyl groups excluding tert-OH is 1. The summed E-state index contributed by atoms with van der Waals surface area (Å²) in [7, 11) is 1.67. The van der Waals surface area contributed by atoms with Crippen LogP contribution in [-0.2, 0) is 11.3 Å². The van der Waals surface area contributed by atoms with E-state index in [2.05, 4.69) is 21.4 Å². The van der Waals surface area contributed by atoms with Gasteiger partial charge in [-0.2, -0.15) is 0 Å². The van der Waals surface area contributed by atoms with Crippen molar-refractivity contribution in [3.8, 4) is 0 Å². The third-order valence-electron chi connectivity index (χ3n) is 3.36. The molecule has 0 fully saturated rings. The first-order valence-electron chi connectivity index (χ1n) is 6.96. The number of hydrogen-bond donors (Lipinski definition) is 3. The first-order valence-corrected chi connectivity index (χ1v) is 6.96.